The fraction of sp³-hybridized carbons (Fsp3) is 0.167. The number of nitrogens with one attached hydrogen (secondary N) is 1. The molecule has 2 aromatic heterocycles. The van der Waals surface area contributed by atoms with Gasteiger partial charge in [0, 0.05) is 23.1 Å². The first kappa shape index (κ1) is 20.8. The molecule has 2 heterocycles. The van der Waals surface area contributed by atoms with Gasteiger partial charge in [0.25, 0.3) is 0 Å². The Balaban J connectivity index is 2.10. The molecule has 0 unspecified atom stereocenters. The van der Waals surface area contributed by atoms with E-state index in [1.54, 1.807) is 19.9 Å². The Hall–Kier alpha value is -3.45. The monoisotopic (exact) mass is 433 g/mol. The van der Waals surface area contributed by atoms with Crippen molar-refractivity contribution in [3.63, 3.8) is 0 Å². The largest absolute Gasteiger partial charge is 0.341 e. The minimum atomic E-state index is -3.70. The minimum Gasteiger partial charge on any atom is -0.341 e. The molecule has 0 atom stereocenters. The zero-order valence-corrected chi connectivity index (χ0v) is 18.2. The zero-order chi connectivity index (χ0) is 22.0. The number of sulfone groups is 1. The second kappa shape index (κ2) is 8.35. The predicted octanol–water partition coefficient (Wildman–Crippen LogP) is 4.62. The normalized spacial score (nSPS) is 11.5. The summed E-state index contributed by atoms with van der Waals surface area (Å²) < 4.78 is 27.8. The van der Waals surface area contributed by atoms with Crippen LogP contribution in [0.3, 0.4) is 0 Å². The molecule has 0 amide bonds. The molecule has 0 aliphatic rings. The summed E-state index contributed by atoms with van der Waals surface area (Å²) >= 11 is 0. The summed E-state index contributed by atoms with van der Waals surface area (Å²) in [6, 6.07) is 22.2. The molecule has 0 saturated carbocycles. The van der Waals surface area contributed by atoms with Gasteiger partial charge in [-0.15, -0.1) is 0 Å². The predicted molar refractivity (Wildman–Crippen MR) is 124 cm³/mol. The molecule has 2 aromatic carbocycles. The molecule has 31 heavy (non-hydrogen) atoms. The van der Waals surface area contributed by atoms with E-state index < -0.39 is 9.84 Å². The Bertz CT molecular complexity index is 1400. The summed E-state index contributed by atoms with van der Waals surface area (Å²) in [6.07, 6.45) is 0.444. The molecule has 158 valence electrons. The van der Waals surface area contributed by atoms with Crippen molar-refractivity contribution >= 4 is 32.2 Å². The van der Waals surface area contributed by atoms with Crippen molar-refractivity contribution < 1.29 is 8.42 Å². The fourth-order valence-corrected chi connectivity index (χ4v) is 5.16. The van der Waals surface area contributed by atoms with Gasteiger partial charge in [-0.1, -0.05) is 43.3 Å². The second-order valence-corrected chi connectivity index (χ2v) is 9.36. The number of hydrogen-bond donors (Lipinski definition) is 1. The van der Waals surface area contributed by atoms with Crippen LogP contribution in [0.4, 0.5) is 11.5 Å². The van der Waals surface area contributed by atoms with E-state index in [1.165, 1.54) is 6.07 Å². The fourth-order valence-electron chi connectivity index (χ4n) is 3.63. The second-order valence-electron chi connectivity index (χ2n) is 7.34. The van der Waals surface area contributed by atoms with Crippen molar-refractivity contribution in [1.29, 1.82) is 0 Å². The molecule has 0 aliphatic heterocycles. The molecular formula is C24H23N3O3S. The van der Waals surface area contributed by atoms with E-state index in [2.05, 4.69) is 10.3 Å². The maximum atomic E-state index is 13.2. The summed E-state index contributed by atoms with van der Waals surface area (Å²) in [5, 5.41) is 3.26. The Morgan fingerprint density at radius 1 is 0.968 bits per heavy atom. The lowest BCUT2D eigenvalue weighted by molar-refractivity contribution is 0.591. The van der Waals surface area contributed by atoms with Crippen LogP contribution in [-0.4, -0.2) is 23.7 Å². The number of para-hydroxylation sites is 2. The molecule has 0 saturated heterocycles. The van der Waals surface area contributed by atoms with Gasteiger partial charge >= 0.3 is 0 Å². The third-order valence-electron chi connectivity index (χ3n) is 4.92. The number of aryl methyl sites for hydroxylation is 1. The van der Waals surface area contributed by atoms with Gasteiger partial charge < -0.3 is 5.32 Å². The molecule has 1 N–H and O–H groups in total. The van der Waals surface area contributed by atoms with Crippen molar-refractivity contribution in [2.75, 3.05) is 11.1 Å². The lowest BCUT2D eigenvalue weighted by Crippen LogP contribution is -2.18. The Labute approximate surface area is 181 Å². The summed E-state index contributed by atoms with van der Waals surface area (Å²) in [6.45, 7) is 3.53. The Morgan fingerprint density at radius 3 is 2.26 bits per heavy atom. The molecule has 4 rings (SSSR count). The highest BCUT2D eigenvalue weighted by molar-refractivity contribution is 7.91. The quantitative estimate of drug-likeness (QED) is 0.480. The highest BCUT2D eigenvalue weighted by Gasteiger charge is 2.24. The van der Waals surface area contributed by atoms with Crippen molar-refractivity contribution in [3.8, 4) is 5.69 Å². The summed E-state index contributed by atoms with van der Waals surface area (Å²) in [5.74, 6) is 0.479. The first-order valence-electron chi connectivity index (χ1n) is 10.1. The van der Waals surface area contributed by atoms with Crippen molar-refractivity contribution in [3.05, 3.63) is 88.7 Å². The summed E-state index contributed by atoms with van der Waals surface area (Å²) in [5.41, 5.74) is 2.26. The molecule has 0 radical (unpaired) electrons. The smallest absolute Gasteiger partial charge is 0.196 e. The Kier molecular flexibility index (Phi) is 5.61. The lowest BCUT2D eigenvalue weighted by atomic mass is 10.2. The van der Waals surface area contributed by atoms with E-state index in [9.17, 15) is 13.2 Å². The average molecular weight is 434 g/mol. The molecule has 0 bridgehead atoms. The number of anilines is 2. The molecule has 0 fully saturated rings. The topological polar surface area (TPSA) is 81.1 Å². The average Bonchev–Trinajstić information content (AvgIpc) is 2.74. The van der Waals surface area contributed by atoms with Crippen LogP contribution in [0.25, 0.3) is 16.6 Å². The first-order valence-corrected chi connectivity index (χ1v) is 11.7. The van der Waals surface area contributed by atoms with E-state index in [1.807, 2.05) is 65.2 Å². The standard InChI is InChI=1S/C24H23N3O3S/c1-3-14-31(29,30)24-23-20(15-17(2)25-24)27(19-12-8-5-9-13-19)22(16-21(23)28)26-18-10-6-4-7-11-18/h4-13,15-16,26H,3,14H2,1-2H3. The van der Waals surface area contributed by atoms with Crippen LogP contribution in [-0.2, 0) is 9.84 Å². The van der Waals surface area contributed by atoms with Gasteiger partial charge in [-0.05, 0) is 43.7 Å². The number of nitrogens with zero attached hydrogens (tertiary/aromatic N) is 2. The maximum absolute atomic E-state index is 13.2. The number of rotatable bonds is 6. The Morgan fingerprint density at radius 2 is 1.61 bits per heavy atom. The van der Waals surface area contributed by atoms with Crippen molar-refractivity contribution in [2.24, 2.45) is 0 Å². The highest BCUT2D eigenvalue weighted by atomic mass is 32.2. The number of benzene rings is 2. The summed E-state index contributed by atoms with van der Waals surface area (Å²) in [4.78, 5) is 17.5. The van der Waals surface area contributed by atoms with Gasteiger partial charge in [-0.25, -0.2) is 13.4 Å². The van der Waals surface area contributed by atoms with Gasteiger partial charge in [-0.3, -0.25) is 9.36 Å². The summed E-state index contributed by atoms with van der Waals surface area (Å²) in [7, 11) is -3.70. The SMILES string of the molecule is CCCS(=O)(=O)c1nc(C)cc2c1c(=O)cc(Nc1ccccc1)n2-c1ccccc1. The third kappa shape index (κ3) is 4.09. The molecule has 0 aliphatic carbocycles. The molecule has 0 spiro atoms. The maximum Gasteiger partial charge on any atom is 0.196 e. The van der Waals surface area contributed by atoms with Crippen LogP contribution in [0, 0.1) is 6.92 Å². The van der Waals surface area contributed by atoms with Crippen LogP contribution in [0.15, 0.2) is 82.6 Å². The van der Waals surface area contributed by atoms with Crippen LogP contribution in [0.2, 0.25) is 0 Å². The van der Waals surface area contributed by atoms with E-state index in [0.717, 1.165) is 11.4 Å². The van der Waals surface area contributed by atoms with E-state index in [-0.39, 0.29) is 21.6 Å². The number of fused-ring (bicyclic) bond motifs is 1. The third-order valence-corrected chi connectivity index (χ3v) is 6.75. The molecular weight excluding hydrogens is 410 g/mol. The van der Waals surface area contributed by atoms with E-state index in [0.29, 0.717) is 23.4 Å². The minimum absolute atomic E-state index is 0.0622. The van der Waals surface area contributed by atoms with E-state index >= 15 is 0 Å². The molecule has 4 aromatic rings. The zero-order valence-electron chi connectivity index (χ0n) is 17.4. The number of aromatic nitrogens is 2. The van der Waals surface area contributed by atoms with Crippen LogP contribution in [0.1, 0.15) is 19.0 Å². The van der Waals surface area contributed by atoms with Crippen LogP contribution < -0.4 is 10.7 Å². The molecule has 6 nitrogen and oxygen atoms in total. The number of pyridine rings is 2. The first-order chi connectivity index (χ1) is 14.9. The number of hydrogen-bond acceptors (Lipinski definition) is 5. The van der Waals surface area contributed by atoms with Gasteiger partial charge in [0.05, 0.1) is 16.7 Å². The lowest BCUT2D eigenvalue weighted by Gasteiger charge is -2.19. The molecule has 7 heteroatoms. The van der Waals surface area contributed by atoms with Crippen molar-refractivity contribution in [2.45, 2.75) is 25.3 Å². The van der Waals surface area contributed by atoms with Gasteiger partial charge in [0.15, 0.2) is 20.3 Å². The highest BCUT2D eigenvalue weighted by Crippen LogP contribution is 2.28. The van der Waals surface area contributed by atoms with Crippen LogP contribution in [0.5, 0.6) is 0 Å². The van der Waals surface area contributed by atoms with Crippen molar-refractivity contribution in [1.82, 2.24) is 9.55 Å². The van der Waals surface area contributed by atoms with Gasteiger partial charge in [0.1, 0.15) is 5.82 Å². The van der Waals surface area contributed by atoms with Gasteiger partial charge in [-0.2, -0.15) is 0 Å². The van der Waals surface area contributed by atoms with Gasteiger partial charge in [0.2, 0.25) is 0 Å². The van der Waals surface area contributed by atoms with E-state index in [4.69, 9.17) is 0 Å². The van der Waals surface area contributed by atoms with Crippen LogP contribution >= 0.6 is 0 Å².